The van der Waals surface area contributed by atoms with E-state index in [-0.39, 0.29) is 22.8 Å². The highest BCUT2D eigenvalue weighted by Crippen LogP contribution is 2.25. The molecule has 2 N–H and O–H groups in total. The zero-order valence-electron chi connectivity index (χ0n) is 16.2. The Hall–Kier alpha value is -2.47. The predicted octanol–water partition coefficient (Wildman–Crippen LogP) is 4.26. The molecule has 0 radical (unpaired) electrons. The number of methoxy groups -OCH3 is 1. The molecule has 0 saturated carbocycles. The van der Waals surface area contributed by atoms with E-state index in [0.717, 1.165) is 23.2 Å². The number of ether oxygens (including phenoxy) is 1. The maximum atomic E-state index is 12.5. The smallest absolute Gasteiger partial charge is 0.237 e. The minimum atomic E-state index is -0.349. The van der Waals surface area contributed by atoms with Crippen LogP contribution in [-0.2, 0) is 16.0 Å². The lowest BCUT2D eigenvalue weighted by Gasteiger charge is -2.16. The van der Waals surface area contributed by atoms with Crippen LogP contribution in [0.5, 0.6) is 5.75 Å². The molecule has 0 aliphatic carbocycles. The molecule has 0 spiro atoms. The van der Waals surface area contributed by atoms with E-state index in [0.29, 0.717) is 11.4 Å². The standard InChI is InChI=1S/C21H26N2O3S/c1-5-16-10-8-9-14(2)20(16)23-21(25)15(3)27-13-19(24)22-17-11-6-7-12-18(17)26-4/h6-12,15H,5,13H2,1-4H3,(H,22,24)(H,23,25)/t15-/m1/s1. The number of benzene rings is 2. The summed E-state index contributed by atoms with van der Waals surface area (Å²) in [6.45, 7) is 5.85. The minimum Gasteiger partial charge on any atom is -0.495 e. The first-order valence-corrected chi connectivity index (χ1v) is 9.95. The minimum absolute atomic E-state index is 0.103. The fourth-order valence-corrected chi connectivity index (χ4v) is 3.32. The van der Waals surface area contributed by atoms with Crippen molar-refractivity contribution in [3.8, 4) is 5.75 Å². The summed E-state index contributed by atoms with van der Waals surface area (Å²) >= 11 is 1.30. The number of carbonyl (C=O) groups excluding carboxylic acids is 2. The van der Waals surface area contributed by atoms with Crippen LogP contribution in [0.15, 0.2) is 42.5 Å². The van der Waals surface area contributed by atoms with Gasteiger partial charge in [0.2, 0.25) is 11.8 Å². The van der Waals surface area contributed by atoms with Gasteiger partial charge in [-0.05, 0) is 43.5 Å². The van der Waals surface area contributed by atoms with Gasteiger partial charge in [0.1, 0.15) is 5.75 Å². The van der Waals surface area contributed by atoms with Crippen LogP contribution in [-0.4, -0.2) is 29.9 Å². The largest absolute Gasteiger partial charge is 0.495 e. The van der Waals surface area contributed by atoms with E-state index < -0.39 is 0 Å². The Balaban J connectivity index is 1.90. The molecule has 0 unspecified atom stereocenters. The van der Waals surface area contributed by atoms with Crippen molar-refractivity contribution in [1.82, 2.24) is 0 Å². The van der Waals surface area contributed by atoms with Crippen LogP contribution in [0.4, 0.5) is 11.4 Å². The number of amides is 2. The lowest BCUT2D eigenvalue weighted by atomic mass is 10.1. The first-order valence-electron chi connectivity index (χ1n) is 8.90. The number of rotatable bonds is 8. The maximum absolute atomic E-state index is 12.5. The third-order valence-electron chi connectivity index (χ3n) is 4.20. The molecule has 0 saturated heterocycles. The molecule has 0 fully saturated rings. The third-order valence-corrected chi connectivity index (χ3v) is 5.35. The maximum Gasteiger partial charge on any atom is 0.237 e. The second-order valence-corrected chi connectivity index (χ2v) is 7.48. The topological polar surface area (TPSA) is 67.4 Å². The van der Waals surface area contributed by atoms with E-state index in [1.165, 1.54) is 11.8 Å². The molecule has 0 aromatic heterocycles. The summed E-state index contributed by atoms with van der Waals surface area (Å²) in [6.07, 6.45) is 0.847. The van der Waals surface area contributed by atoms with Gasteiger partial charge >= 0.3 is 0 Å². The van der Waals surface area contributed by atoms with Gasteiger partial charge in [0.05, 0.1) is 23.8 Å². The molecule has 0 aliphatic heterocycles. The third kappa shape index (κ3) is 5.76. The summed E-state index contributed by atoms with van der Waals surface area (Å²) < 4.78 is 5.22. The molecule has 27 heavy (non-hydrogen) atoms. The molecule has 1 atom stereocenters. The number of carbonyl (C=O) groups is 2. The normalized spacial score (nSPS) is 11.6. The highest BCUT2D eigenvalue weighted by Gasteiger charge is 2.18. The molecule has 2 aromatic rings. The van der Waals surface area contributed by atoms with E-state index in [9.17, 15) is 9.59 Å². The number of para-hydroxylation sites is 3. The zero-order valence-corrected chi connectivity index (χ0v) is 17.0. The number of hydrogen-bond donors (Lipinski definition) is 2. The molecule has 144 valence electrons. The van der Waals surface area contributed by atoms with Crippen molar-refractivity contribution in [3.05, 3.63) is 53.6 Å². The summed E-state index contributed by atoms with van der Waals surface area (Å²) in [6, 6.07) is 13.2. The molecule has 0 bridgehead atoms. The molecule has 0 aliphatic rings. The summed E-state index contributed by atoms with van der Waals surface area (Å²) in [5.41, 5.74) is 3.63. The summed E-state index contributed by atoms with van der Waals surface area (Å²) in [5.74, 6) is 0.512. The van der Waals surface area contributed by atoms with E-state index in [4.69, 9.17) is 4.74 Å². The van der Waals surface area contributed by atoms with Gasteiger partial charge in [0, 0.05) is 5.69 Å². The lowest BCUT2D eigenvalue weighted by molar-refractivity contribution is -0.115. The van der Waals surface area contributed by atoms with Crippen molar-refractivity contribution in [3.63, 3.8) is 0 Å². The Morgan fingerprint density at radius 3 is 2.56 bits per heavy atom. The average molecular weight is 387 g/mol. The van der Waals surface area contributed by atoms with Crippen LogP contribution < -0.4 is 15.4 Å². The SMILES string of the molecule is CCc1cccc(C)c1NC(=O)[C@@H](C)SCC(=O)Nc1ccccc1OC. The van der Waals surface area contributed by atoms with Crippen LogP contribution in [0.1, 0.15) is 25.0 Å². The van der Waals surface area contributed by atoms with Crippen LogP contribution in [0.2, 0.25) is 0 Å². The van der Waals surface area contributed by atoms with Gasteiger partial charge in [0.15, 0.2) is 0 Å². The number of nitrogens with one attached hydrogen (secondary N) is 2. The van der Waals surface area contributed by atoms with Crippen LogP contribution in [0.3, 0.4) is 0 Å². The molecule has 6 heteroatoms. The second-order valence-electron chi connectivity index (χ2n) is 6.15. The van der Waals surface area contributed by atoms with E-state index in [2.05, 4.69) is 17.6 Å². The van der Waals surface area contributed by atoms with Crippen LogP contribution in [0, 0.1) is 6.92 Å². The highest BCUT2D eigenvalue weighted by molar-refractivity contribution is 8.01. The van der Waals surface area contributed by atoms with Crippen molar-refractivity contribution in [2.24, 2.45) is 0 Å². The summed E-state index contributed by atoms with van der Waals surface area (Å²) in [5, 5.41) is 5.48. The fraction of sp³-hybridized carbons (Fsp3) is 0.333. The molecule has 2 amide bonds. The van der Waals surface area contributed by atoms with Crippen molar-refractivity contribution < 1.29 is 14.3 Å². The molecular weight excluding hydrogens is 360 g/mol. The monoisotopic (exact) mass is 386 g/mol. The number of aryl methyl sites for hydroxylation is 2. The highest BCUT2D eigenvalue weighted by atomic mass is 32.2. The number of hydrogen-bond acceptors (Lipinski definition) is 4. The first-order chi connectivity index (χ1) is 13.0. The first kappa shape index (κ1) is 20.8. The number of anilines is 2. The van der Waals surface area contributed by atoms with Gasteiger partial charge in [-0.1, -0.05) is 37.3 Å². The van der Waals surface area contributed by atoms with Crippen molar-refractivity contribution in [2.75, 3.05) is 23.5 Å². The van der Waals surface area contributed by atoms with Gasteiger partial charge in [-0.3, -0.25) is 9.59 Å². The zero-order chi connectivity index (χ0) is 19.8. The Bertz CT molecular complexity index is 808. The molecule has 5 nitrogen and oxygen atoms in total. The van der Waals surface area contributed by atoms with Crippen LogP contribution >= 0.6 is 11.8 Å². The summed E-state index contributed by atoms with van der Waals surface area (Å²) in [7, 11) is 1.56. The van der Waals surface area contributed by atoms with Crippen molar-refractivity contribution in [2.45, 2.75) is 32.4 Å². The van der Waals surface area contributed by atoms with E-state index >= 15 is 0 Å². The molecule has 2 rings (SSSR count). The lowest BCUT2D eigenvalue weighted by Crippen LogP contribution is -2.26. The average Bonchev–Trinajstić information content (AvgIpc) is 2.67. The predicted molar refractivity (Wildman–Crippen MR) is 113 cm³/mol. The van der Waals surface area contributed by atoms with Crippen LogP contribution in [0.25, 0.3) is 0 Å². The van der Waals surface area contributed by atoms with Gasteiger partial charge in [-0.15, -0.1) is 11.8 Å². The fourth-order valence-electron chi connectivity index (χ4n) is 2.64. The van der Waals surface area contributed by atoms with Crippen molar-refractivity contribution >= 4 is 35.0 Å². The van der Waals surface area contributed by atoms with Gasteiger partial charge in [0.25, 0.3) is 0 Å². The van der Waals surface area contributed by atoms with Gasteiger partial charge in [-0.25, -0.2) is 0 Å². The quantitative estimate of drug-likeness (QED) is 0.711. The van der Waals surface area contributed by atoms with Gasteiger partial charge in [-0.2, -0.15) is 0 Å². The van der Waals surface area contributed by atoms with Gasteiger partial charge < -0.3 is 15.4 Å². The second kappa shape index (κ2) is 10.0. The van der Waals surface area contributed by atoms with E-state index in [1.54, 1.807) is 26.2 Å². The number of thioether (sulfide) groups is 1. The Labute approximate surface area is 164 Å². The Kier molecular flexibility index (Phi) is 7.73. The Morgan fingerprint density at radius 2 is 1.85 bits per heavy atom. The molecular formula is C21H26N2O3S. The molecule has 2 aromatic carbocycles. The Morgan fingerprint density at radius 1 is 1.11 bits per heavy atom. The van der Waals surface area contributed by atoms with E-state index in [1.807, 2.05) is 37.3 Å². The summed E-state index contributed by atoms with van der Waals surface area (Å²) in [4.78, 5) is 24.7. The van der Waals surface area contributed by atoms with Crippen molar-refractivity contribution in [1.29, 1.82) is 0 Å². The molecule has 0 heterocycles.